The second-order valence-corrected chi connectivity index (χ2v) is 6.13. The number of fused-ring (bicyclic) bond motifs is 2. The van der Waals surface area contributed by atoms with Crippen LogP contribution in [0.25, 0.3) is 0 Å². The third-order valence-electron chi connectivity index (χ3n) is 3.69. The summed E-state index contributed by atoms with van der Waals surface area (Å²) >= 11 is 0. The zero-order chi connectivity index (χ0) is 12.0. The number of amides is 1. The van der Waals surface area contributed by atoms with Crippen LogP contribution in [0.3, 0.4) is 0 Å². The molecule has 2 aliphatic rings. The van der Waals surface area contributed by atoms with Crippen molar-refractivity contribution in [1.82, 2.24) is 4.90 Å². The zero-order valence-electron chi connectivity index (χ0n) is 10.5. The van der Waals surface area contributed by atoms with Gasteiger partial charge in [-0.2, -0.15) is 0 Å². The van der Waals surface area contributed by atoms with Crippen molar-refractivity contribution in [3.05, 3.63) is 0 Å². The minimum Gasteiger partial charge on any atom is -0.444 e. The summed E-state index contributed by atoms with van der Waals surface area (Å²) in [7, 11) is 0. The summed E-state index contributed by atoms with van der Waals surface area (Å²) in [6, 6.07) is 0. The fraction of sp³-hybridized carbons (Fsp3) is 0.917. The Morgan fingerprint density at radius 2 is 2.25 bits per heavy atom. The Bertz CT molecular complexity index is 298. The minimum atomic E-state index is -0.422. The van der Waals surface area contributed by atoms with Crippen molar-refractivity contribution < 1.29 is 9.53 Å². The van der Waals surface area contributed by atoms with E-state index in [0.29, 0.717) is 12.5 Å². The van der Waals surface area contributed by atoms with Gasteiger partial charge in [-0.05, 0) is 46.0 Å². The van der Waals surface area contributed by atoms with E-state index in [1.807, 2.05) is 25.7 Å². The highest BCUT2D eigenvalue weighted by Gasteiger charge is 2.52. The first-order valence-corrected chi connectivity index (χ1v) is 6.07. The van der Waals surface area contributed by atoms with Gasteiger partial charge in [-0.1, -0.05) is 0 Å². The van der Waals surface area contributed by atoms with Crippen molar-refractivity contribution in [3.63, 3.8) is 0 Å². The van der Waals surface area contributed by atoms with E-state index in [-0.39, 0.29) is 11.6 Å². The van der Waals surface area contributed by atoms with E-state index >= 15 is 0 Å². The molecule has 92 valence electrons. The van der Waals surface area contributed by atoms with Crippen LogP contribution in [0.15, 0.2) is 0 Å². The molecule has 1 aliphatic carbocycles. The molecule has 2 atom stereocenters. The van der Waals surface area contributed by atoms with E-state index in [4.69, 9.17) is 10.5 Å². The summed E-state index contributed by atoms with van der Waals surface area (Å²) < 4.78 is 5.43. The Hall–Kier alpha value is -0.770. The molecule has 2 rings (SSSR count). The molecule has 4 nitrogen and oxygen atoms in total. The topological polar surface area (TPSA) is 55.6 Å². The van der Waals surface area contributed by atoms with Gasteiger partial charge >= 0.3 is 6.09 Å². The van der Waals surface area contributed by atoms with E-state index in [2.05, 4.69) is 0 Å². The SMILES string of the molecule is CC(C)(C)OC(=O)N1C[C@@H]2CC[C@@]1(CN)C2. The zero-order valence-corrected chi connectivity index (χ0v) is 10.5. The summed E-state index contributed by atoms with van der Waals surface area (Å²) in [5.41, 5.74) is 5.32. The maximum Gasteiger partial charge on any atom is 0.410 e. The fourth-order valence-electron chi connectivity index (χ4n) is 2.95. The van der Waals surface area contributed by atoms with Crippen LogP contribution >= 0.6 is 0 Å². The van der Waals surface area contributed by atoms with Crippen molar-refractivity contribution in [2.24, 2.45) is 11.7 Å². The molecule has 2 bridgehead atoms. The van der Waals surface area contributed by atoms with Gasteiger partial charge in [0.15, 0.2) is 0 Å². The number of nitrogens with two attached hydrogens (primary N) is 1. The normalized spacial score (nSPS) is 33.2. The Morgan fingerprint density at radius 3 is 2.75 bits per heavy atom. The standard InChI is InChI=1S/C12H22N2O2/c1-11(2,3)16-10(15)14-7-9-4-5-12(14,6-9)8-13/h9H,4-8,13H2,1-3H3/t9-,12+/m1/s1. The number of carbonyl (C=O) groups is 1. The van der Waals surface area contributed by atoms with E-state index in [0.717, 1.165) is 19.4 Å². The molecule has 1 heterocycles. The molecule has 1 saturated carbocycles. The summed E-state index contributed by atoms with van der Waals surface area (Å²) in [5.74, 6) is 0.635. The molecular formula is C12H22N2O2. The van der Waals surface area contributed by atoms with Crippen molar-refractivity contribution >= 4 is 6.09 Å². The summed E-state index contributed by atoms with van der Waals surface area (Å²) in [4.78, 5) is 13.9. The Morgan fingerprint density at radius 1 is 1.56 bits per heavy atom. The molecule has 0 spiro atoms. The lowest BCUT2D eigenvalue weighted by molar-refractivity contribution is 0.00456. The summed E-state index contributed by atoms with van der Waals surface area (Å²) in [6.45, 7) is 7.08. The van der Waals surface area contributed by atoms with E-state index < -0.39 is 5.60 Å². The van der Waals surface area contributed by atoms with Crippen LogP contribution in [0.1, 0.15) is 40.0 Å². The van der Waals surface area contributed by atoms with Crippen molar-refractivity contribution in [2.75, 3.05) is 13.1 Å². The van der Waals surface area contributed by atoms with Crippen molar-refractivity contribution in [2.45, 2.75) is 51.2 Å². The number of nitrogens with zero attached hydrogens (tertiary/aromatic N) is 1. The molecular weight excluding hydrogens is 204 g/mol. The lowest BCUT2D eigenvalue weighted by atomic mass is 9.98. The molecule has 4 heteroatoms. The number of carbonyl (C=O) groups excluding carboxylic acids is 1. The highest BCUT2D eigenvalue weighted by molar-refractivity contribution is 5.70. The number of likely N-dealkylation sites (tertiary alicyclic amines) is 1. The molecule has 2 fully saturated rings. The highest BCUT2D eigenvalue weighted by atomic mass is 16.6. The van der Waals surface area contributed by atoms with Crippen molar-refractivity contribution in [3.8, 4) is 0 Å². The van der Waals surface area contributed by atoms with Gasteiger partial charge in [0.1, 0.15) is 5.60 Å². The largest absolute Gasteiger partial charge is 0.444 e. The number of rotatable bonds is 1. The lowest BCUT2D eigenvalue weighted by Crippen LogP contribution is -2.53. The Balaban J connectivity index is 2.08. The van der Waals surface area contributed by atoms with Gasteiger partial charge < -0.3 is 15.4 Å². The first kappa shape index (κ1) is 11.7. The van der Waals surface area contributed by atoms with Crippen LogP contribution in [0.4, 0.5) is 4.79 Å². The number of ether oxygens (including phenoxy) is 1. The highest BCUT2D eigenvalue weighted by Crippen LogP contribution is 2.46. The molecule has 16 heavy (non-hydrogen) atoms. The first-order chi connectivity index (χ1) is 7.36. The summed E-state index contributed by atoms with van der Waals surface area (Å²) in [6.07, 6.45) is 3.10. The number of hydrogen-bond acceptors (Lipinski definition) is 3. The average molecular weight is 226 g/mol. The smallest absolute Gasteiger partial charge is 0.410 e. The molecule has 0 aromatic rings. The van der Waals surface area contributed by atoms with Gasteiger partial charge in [0.05, 0.1) is 5.54 Å². The fourth-order valence-corrected chi connectivity index (χ4v) is 2.95. The monoisotopic (exact) mass is 226 g/mol. The predicted molar refractivity (Wildman–Crippen MR) is 62.1 cm³/mol. The van der Waals surface area contributed by atoms with Gasteiger partial charge in [-0.3, -0.25) is 0 Å². The quantitative estimate of drug-likeness (QED) is 0.741. The second kappa shape index (κ2) is 3.62. The molecule has 0 radical (unpaired) electrons. The van der Waals surface area contributed by atoms with Gasteiger partial charge in [0.25, 0.3) is 0 Å². The Kier molecular flexibility index (Phi) is 2.65. The molecule has 0 aromatic carbocycles. The van der Waals surface area contributed by atoms with Gasteiger partial charge in [0.2, 0.25) is 0 Å². The van der Waals surface area contributed by atoms with Crippen LogP contribution in [0.5, 0.6) is 0 Å². The Labute approximate surface area is 97.1 Å². The summed E-state index contributed by atoms with van der Waals surface area (Å²) in [5, 5.41) is 0. The number of hydrogen-bond donors (Lipinski definition) is 1. The number of piperidine rings is 1. The van der Waals surface area contributed by atoms with Crippen LogP contribution < -0.4 is 5.73 Å². The van der Waals surface area contributed by atoms with E-state index in [9.17, 15) is 4.79 Å². The third kappa shape index (κ3) is 1.90. The van der Waals surface area contributed by atoms with E-state index in [1.54, 1.807) is 0 Å². The van der Waals surface area contributed by atoms with Gasteiger partial charge in [0, 0.05) is 13.1 Å². The first-order valence-electron chi connectivity index (χ1n) is 6.07. The van der Waals surface area contributed by atoms with Crippen LogP contribution in [0.2, 0.25) is 0 Å². The van der Waals surface area contributed by atoms with Gasteiger partial charge in [-0.15, -0.1) is 0 Å². The molecule has 2 N–H and O–H groups in total. The van der Waals surface area contributed by atoms with Crippen LogP contribution in [0, 0.1) is 5.92 Å². The molecule has 1 amide bonds. The maximum absolute atomic E-state index is 12.1. The molecule has 1 aliphatic heterocycles. The second-order valence-electron chi connectivity index (χ2n) is 6.13. The van der Waals surface area contributed by atoms with Crippen LogP contribution in [-0.4, -0.2) is 35.2 Å². The maximum atomic E-state index is 12.1. The minimum absolute atomic E-state index is 0.104. The predicted octanol–water partition coefficient (Wildman–Crippen LogP) is 1.73. The lowest BCUT2D eigenvalue weighted by Gasteiger charge is -2.38. The van der Waals surface area contributed by atoms with Crippen molar-refractivity contribution in [1.29, 1.82) is 0 Å². The third-order valence-corrected chi connectivity index (χ3v) is 3.69. The van der Waals surface area contributed by atoms with Crippen LogP contribution in [-0.2, 0) is 4.74 Å². The average Bonchev–Trinajstić information content (AvgIpc) is 2.72. The van der Waals surface area contributed by atoms with E-state index in [1.165, 1.54) is 6.42 Å². The van der Waals surface area contributed by atoms with Gasteiger partial charge in [-0.25, -0.2) is 4.79 Å². The molecule has 0 unspecified atom stereocenters. The molecule has 0 aromatic heterocycles. The molecule has 1 saturated heterocycles.